The highest BCUT2D eigenvalue weighted by molar-refractivity contribution is 5.92. The third-order valence-electron chi connectivity index (χ3n) is 8.15. The summed E-state index contributed by atoms with van der Waals surface area (Å²) in [6.45, 7) is 4.47. The van der Waals surface area contributed by atoms with Crippen molar-refractivity contribution in [2.75, 3.05) is 6.61 Å². The SMILES string of the molecule is CCCCCCCCCCOc1ccc(-c2ccc(C(=O)O)cc2)c(-c2ccc(C(=O)OC(CCCCCC)C(F)(F)F)cc2)c1F. The molecule has 9 heteroatoms. The van der Waals surface area contributed by atoms with Crippen molar-refractivity contribution in [3.05, 3.63) is 77.6 Å². The molecule has 256 valence electrons. The highest BCUT2D eigenvalue weighted by Crippen LogP contribution is 2.39. The highest BCUT2D eigenvalue weighted by Gasteiger charge is 2.42. The molecule has 0 bridgehead atoms. The molecule has 47 heavy (non-hydrogen) atoms. The summed E-state index contributed by atoms with van der Waals surface area (Å²) in [6.07, 6.45) is 4.25. The number of alkyl halides is 3. The monoisotopic (exact) mass is 658 g/mol. The molecule has 3 aromatic rings. The molecular formula is C38H46F4O5. The van der Waals surface area contributed by atoms with E-state index in [-0.39, 0.29) is 35.3 Å². The van der Waals surface area contributed by atoms with Crippen LogP contribution >= 0.6 is 0 Å². The minimum Gasteiger partial charge on any atom is -0.490 e. The number of aromatic carboxylic acids is 1. The van der Waals surface area contributed by atoms with Crippen LogP contribution in [-0.2, 0) is 4.74 Å². The average Bonchev–Trinajstić information content (AvgIpc) is 3.05. The van der Waals surface area contributed by atoms with Gasteiger partial charge in [-0.3, -0.25) is 0 Å². The van der Waals surface area contributed by atoms with Crippen molar-refractivity contribution < 1.29 is 41.7 Å². The first kappa shape index (κ1) is 37.6. The lowest BCUT2D eigenvalue weighted by atomic mass is 9.92. The number of halogens is 4. The van der Waals surface area contributed by atoms with E-state index in [1.165, 1.54) is 68.1 Å². The van der Waals surface area contributed by atoms with Crippen LogP contribution in [0, 0.1) is 5.82 Å². The van der Waals surface area contributed by atoms with Crippen molar-refractivity contribution in [1.82, 2.24) is 0 Å². The van der Waals surface area contributed by atoms with Gasteiger partial charge in [0.25, 0.3) is 0 Å². The van der Waals surface area contributed by atoms with Gasteiger partial charge in [0.2, 0.25) is 0 Å². The molecule has 0 spiro atoms. The number of hydrogen-bond donors (Lipinski definition) is 1. The zero-order valence-corrected chi connectivity index (χ0v) is 27.3. The Kier molecular flexibility index (Phi) is 15.2. The Hall–Kier alpha value is -3.88. The molecule has 5 nitrogen and oxygen atoms in total. The molecule has 0 radical (unpaired) electrons. The third kappa shape index (κ3) is 11.7. The number of carboxylic acids is 1. The van der Waals surface area contributed by atoms with Crippen LogP contribution in [0.5, 0.6) is 5.75 Å². The molecule has 0 heterocycles. The van der Waals surface area contributed by atoms with Crippen molar-refractivity contribution in [3.8, 4) is 28.0 Å². The summed E-state index contributed by atoms with van der Waals surface area (Å²) in [5, 5.41) is 9.30. The molecule has 1 unspecified atom stereocenters. The number of carbonyl (C=O) groups is 2. The van der Waals surface area contributed by atoms with Crippen LogP contribution in [0.1, 0.15) is 118 Å². The first-order valence-electron chi connectivity index (χ1n) is 16.7. The second kappa shape index (κ2) is 19.1. The third-order valence-corrected chi connectivity index (χ3v) is 8.15. The lowest BCUT2D eigenvalue weighted by Gasteiger charge is -2.21. The largest absolute Gasteiger partial charge is 0.490 e. The summed E-state index contributed by atoms with van der Waals surface area (Å²) in [5.41, 5.74) is 1.51. The Balaban J connectivity index is 1.82. The Morgan fingerprint density at radius 2 is 1.23 bits per heavy atom. The summed E-state index contributed by atoms with van der Waals surface area (Å²) in [6, 6.07) is 14.7. The van der Waals surface area contributed by atoms with Crippen LogP contribution in [0.3, 0.4) is 0 Å². The van der Waals surface area contributed by atoms with E-state index in [4.69, 9.17) is 9.47 Å². The fourth-order valence-corrected chi connectivity index (χ4v) is 5.42. The van der Waals surface area contributed by atoms with Gasteiger partial charge in [-0.25, -0.2) is 14.0 Å². The number of benzene rings is 3. The van der Waals surface area contributed by atoms with Gasteiger partial charge in [0.05, 0.1) is 17.7 Å². The van der Waals surface area contributed by atoms with Gasteiger partial charge >= 0.3 is 18.1 Å². The number of carbonyl (C=O) groups excluding carboxylic acids is 1. The van der Waals surface area contributed by atoms with E-state index in [9.17, 15) is 27.9 Å². The van der Waals surface area contributed by atoms with E-state index in [2.05, 4.69) is 6.92 Å². The zero-order valence-electron chi connectivity index (χ0n) is 27.3. The molecule has 1 atom stereocenters. The van der Waals surface area contributed by atoms with E-state index in [0.29, 0.717) is 29.7 Å². The Bertz CT molecular complexity index is 1400. The number of unbranched alkanes of at least 4 members (excludes halogenated alkanes) is 10. The molecule has 1 N–H and O–H groups in total. The van der Waals surface area contributed by atoms with E-state index >= 15 is 4.39 Å². The van der Waals surface area contributed by atoms with Gasteiger partial charge in [-0.05, 0) is 72.4 Å². The van der Waals surface area contributed by atoms with Crippen molar-refractivity contribution in [1.29, 1.82) is 0 Å². The molecule has 0 aliphatic rings. The first-order chi connectivity index (χ1) is 22.6. The van der Waals surface area contributed by atoms with Crippen molar-refractivity contribution >= 4 is 11.9 Å². The Morgan fingerprint density at radius 1 is 0.702 bits per heavy atom. The second-order valence-corrected chi connectivity index (χ2v) is 11.9. The lowest BCUT2D eigenvalue weighted by Crippen LogP contribution is -2.33. The van der Waals surface area contributed by atoms with Gasteiger partial charge in [-0.2, -0.15) is 13.2 Å². The fraction of sp³-hybridized carbons (Fsp3) is 0.474. The maximum atomic E-state index is 16.2. The van der Waals surface area contributed by atoms with Gasteiger partial charge in [0.15, 0.2) is 17.7 Å². The van der Waals surface area contributed by atoms with Gasteiger partial charge in [-0.15, -0.1) is 0 Å². The van der Waals surface area contributed by atoms with Gasteiger partial charge in [0.1, 0.15) is 0 Å². The van der Waals surface area contributed by atoms with Gasteiger partial charge in [0, 0.05) is 5.56 Å². The van der Waals surface area contributed by atoms with Crippen LogP contribution in [0.4, 0.5) is 17.6 Å². The average molecular weight is 659 g/mol. The molecule has 0 saturated carbocycles. The number of carboxylic acid groups (broad SMARTS) is 1. The summed E-state index contributed by atoms with van der Waals surface area (Å²) in [5.74, 6) is -2.79. The minimum atomic E-state index is -4.69. The van der Waals surface area contributed by atoms with Gasteiger partial charge < -0.3 is 14.6 Å². The highest BCUT2D eigenvalue weighted by atomic mass is 19.4. The molecule has 0 amide bonds. The first-order valence-corrected chi connectivity index (χ1v) is 16.7. The van der Waals surface area contributed by atoms with Crippen LogP contribution < -0.4 is 4.74 Å². The molecule has 0 fully saturated rings. The topological polar surface area (TPSA) is 72.8 Å². The Morgan fingerprint density at radius 3 is 1.81 bits per heavy atom. The quantitative estimate of drug-likeness (QED) is 0.0743. The minimum absolute atomic E-state index is 0.0495. The normalized spacial score (nSPS) is 12.1. The second-order valence-electron chi connectivity index (χ2n) is 11.9. The van der Waals surface area contributed by atoms with E-state index in [1.54, 1.807) is 18.2 Å². The maximum Gasteiger partial charge on any atom is 0.425 e. The number of esters is 1. The predicted octanol–water partition coefficient (Wildman–Crippen LogP) is 11.4. The summed E-state index contributed by atoms with van der Waals surface area (Å²) < 4.78 is 67.7. The number of hydrogen-bond acceptors (Lipinski definition) is 4. The Labute approximate surface area is 275 Å². The van der Waals surface area contributed by atoms with Crippen molar-refractivity contribution in [2.45, 2.75) is 110 Å². The van der Waals surface area contributed by atoms with Crippen molar-refractivity contribution in [2.24, 2.45) is 0 Å². The van der Waals surface area contributed by atoms with E-state index < -0.39 is 30.0 Å². The van der Waals surface area contributed by atoms with Crippen LogP contribution in [0.2, 0.25) is 0 Å². The molecule has 0 saturated heterocycles. The molecule has 3 rings (SSSR count). The van der Waals surface area contributed by atoms with E-state index in [0.717, 1.165) is 38.5 Å². The standard InChI is InChI=1S/C38H46F4O5/c1-3-5-7-9-10-11-12-14-26-46-32-25-24-31(27-16-20-29(21-17-27)36(43)44)34(35(32)39)28-18-22-30(23-19-28)37(45)47-33(38(40,41)42)15-13-8-6-4-2/h16-25,33H,3-15,26H2,1-2H3,(H,43,44). The molecule has 0 aliphatic heterocycles. The lowest BCUT2D eigenvalue weighted by molar-refractivity contribution is -0.206. The number of rotatable bonds is 20. The molecular weight excluding hydrogens is 612 g/mol. The zero-order chi connectivity index (χ0) is 34.2. The fourth-order valence-electron chi connectivity index (χ4n) is 5.42. The predicted molar refractivity (Wildman–Crippen MR) is 176 cm³/mol. The molecule has 0 aromatic heterocycles. The van der Waals surface area contributed by atoms with Crippen LogP contribution in [0.15, 0.2) is 60.7 Å². The van der Waals surface area contributed by atoms with Crippen LogP contribution in [-0.4, -0.2) is 35.9 Å². The maximum absolute atomic E-state index is 16.2. The smallest absolute Gasteiger partial charge is 0.425 e. The summed E-state index contributed by atoms with van der Waals surface area (Å²) in [7, 11) is 0. The number of ether oxygens (including phenoxy) is 2. The molecule has 3 aromatic carbocycles. The van der Waals surface area contributed by atoms with Crippen molar-refractivity contribution in [3.63, 3.8) is 0 Å². The van der Waals surface area contributed by atoms with Gasteiger partial charge in [-0.1, -0.05) is 102 Å². The summed E-state index contributed by atoms with van der Waals surface area (Å²) >= 11 is 0. The molecule has 0 aliphatic carbocycles. The van der Waals surface area contributed by atoms with Crippen LogP contribution in [0.25, 0.3) is 22.3 Å². The summed E-state index contributed by atoms with van der Waals surface area (Å²) in [4.78, 5) is 24.1. The van der Waals surface area contributed by atoms with E-state index in [1.807, 2.05) is 6.92 Å².